The van der Waals surface area contributed by atoms with Gasteiger partial charge in [0.25, 0.3) is 5.91 Å². The number of aromatic nitrogens is 1. The van der Waals surface area contributed by atoms with Crippen LogP contribution in [0.3, 0.4) is 0 Å². The second kappa shape index (κ2) is 11.5. The highest BCUT2D eigenvalue weighted by Gasteiger charge is 2.13. The van der Waals surface area contributed by atoms with Crippen molar-refractivity contribution >= 4 is 54.9 Å². The van der Waals surface area contributed by atoms with Crippen LogP contribution in [0.15, 0.2) is 117 Å². The number of carbonyl (C=O) groups excluding carboxylic acids is 1. The van der Waals surface area contributed by atoms with E-state index in [1.165, 1.54) is 0 Å². The normalized spacial score (nSPS) is 11.1. The first-order chi connectivity index (χ1) is 18.1. The van der Waals surface area contributed by atoms with Gasteiger partial charge in [-0.25, -0.2) is 10.4 Å². The van der Waals surface area contributed by atoms with Gasteiger partial charge < -0.3 is 4.74 Å². The Morgan fingerprint density at radius 3 is 2.43 bits per heavy atom. The molecule has 0 bridgehead atoms. The van der Waals surface area contributed by atoms with E-state index < -0.39 is 0 Å². The van der Waals surface area contributed by atoms with Crippen molar-refractivity contribution in [2.24, 2.45) is 5.10 Å². The van der Waals surface area contributed by atoms with Crippen molar-refractivity contribution in [3.63, 3.8) is 0 Å². The van der Waals surface area contributed by atoms with Crippen molar-refractivity contribution < 1.29 is 9.53 Å². The molecule has 5 rings (SSSR count). The minimum Gasteiger partial charge on any atom is -0.488 e. The van der Waals surface area contributed by atoms with Gasteiger partial charge in [0.1, 0.15) is 12.4 Å². The molecule has 0 aliphatic carbocycles. The number of amides is 1. The second-order valence-electron chi connectivity index (χ2n) is 8.24. The van der Waals surface area contributed by atoms with Gasteiger partial charge in [-0.3, -0.25) is 4.79 Å². The maximum Gasteiger partial charge on any atom is 0.272 e. The molecule has 5 aromatic rings. The van der Waals surface area contributed by atoms with Crippen molar-refractivity contribution in [3.05, 3.63) is 129 Å². The molecule has 1 amide bonds. The molecule has 7 heteroatoms. The fraction of sp³-hybridized carbons (Fsp3) is 0.0333. The summed E-state index contributed by atoms with van der Waals surface area (Å²) in [5.74, 6) is 0.418. The molecular weight excluding hydrogens is 594 g/mol. The van der Waals surface area contributed by atoms with Gasteiger partial charge in [-0.15, -0.1) is 0 Å². The van der Waals surface area contributed by atoms with Crippen LogP contribution in [0.1, 0.15) is 21.5 Å². The van der Waals surface area contributed by atoms with Crippen LogP contribution < -0.4 is 10.2 Å². The zero-order valence-electron chi connectivity index (χ0n) is 19.6. The van der Waals surface area contributed by atoms with E-state index in [2.05, 4.69) is 42.4 Å². The lowest BCUT2D eigenvalue weighted by Crippen LogP contribution is -2.18. The fourth-order valence-corrected chi connectivity index (χ4v) is 4.58. The number of rotatable bonds is 7. The lowest BCUT2D eigenvalue weighted by atomic mass is 10.0. The molecule has 0 radical (unpaired) electrons. The molecule has 1 heterocycles. The lowest BCUT2D eigenvalue weighted by molar-refractivity contribution is 0.0956. The molecule has 0 aliphatic heterocycles. The van der Waals surface area contributed by atoms with Gasteiger partial charge in [-0.05, 0) is 69.5 Å². The number of carbonyl (C=O) groups is 1. The molecule has 0 saturated heterocycles. The van der Waals surface area contributed by atoms with Gasteiger partial charge >= 0.3 is 0 Å². The maximum atomic E-state index is 13.1. The number of nitrogens with zero attached hydrogens (tertiary/aromatic N) is 2. The number of nitrogens with one attached hydrogen (secondary N) is 1. The summed E-state index contributed by atoms with van der Waals surface area (Å²) in [6.07, 6.45) is 1.60. The smallest absolute Gasteiger partial charge is 0.272 e. The first-order valence-electron chi connectivity index (χ1n) is 11.5. The predicted molar refractivity (Wildman–Crippen MR) is 155 cm³/mol. The third kappa shape index (κ3) is 6.13. The third-order valence-electron chi connectivity index (χ3n) is 5.67. The van der Waals surface area contributed by atoms with Crippen LogP contribution in [0.4, 0.5) is 0 Å². The molecular formula is C30H21Br2N3O2. The molecule has 0 unspecified atom stereocenters. The van der Waals surface area contributed by atoms with Crippen molar-refractivity contribution in [1.82, 2.24) is 10.4 Å². The SMILES string of the molecule is O=C(N/N=C/c1ccc(OCc2ccc(Br)cc2)c(Br)c1)c1cc(-c2ccccc2)nc2ccccc12. The van der Waals surface area contributed by atoms with E-state index >= 15 is 0 Å². The number of benzene rings is 4. The topological polar surface area (TPSA) is 63.6 Å². The number of para-hydroxylation sites is 1. The van der Waals surface area contributed by atoms with E-state index in [1.54, 1.807) is 12.3 Å². The first-order valence-corrected chi connectivity index (χ1v) is 13.1. The highest BCUT2D eigenvalue weighted by molar-refractivity contribution is 9.10. The Kier molecular flexibility index (Phi) is 7.73. The summed E-state index contributed by atoms with van der Waals surface area (Å²) in [6.45, 7) is 0.459. The summed E-state index contributed by atoms with van der Waals surface area (Å²) in [5.41, 5.74) is 7.48. The van der Waals surface area contributed by atoms with Crippen molar-refractivity contribution in [2.75, 3.05) is 0 Å². The highest BCUT2D eigenvalue weighted by atomic mass is 79.9. The van der Waals surface area contributed by atoms with Crippen molar-refractivity contribution in [2.45, 2.75) is 6.61 Å². The van der Waals surface area contributed by atoms with E-state index in [9.17, 15) is 4.79 Å². The Balaban J connectivity index is 1.29. The molecule has 1 N–H and O–H groups in total. The van der Waals surface area contributed by atoms with E-state index in [4.69, 9.17) is 9.72 Å². The molecule has 1 aromatic heterocycles. The number of fused-ring (bicyclic) bond motifs is 1. The summed E-state index contributed by atoms with van der Waals surface area (Å²) in [4.78, 5) is 17.8. The summed E-state index contributed by atoms with van der Waals surface area (Å²) in [7, 11) is 0. The number of halogens is 2. The average Bonchev–Trinajstić information content (AvgIpc) is 2.93. The summed E-state index contributed by atoms with van der Waals surface area (Å²) in [5, 5.41) is 4.96. The third-order valence-corrected chi connectivity index (χ3v) is 6.82. The number of hydrogen-bond donors (Lipinski definition) is 1. The van der Waals surface area contributed by atoms with Crippen LogP contribution >= 0.6 is 31.9 Å². The zero-order chi connectivity index (χ0) is 25.6. The Hall–Kier alpha value is -3.81. The van der Waals surface area contributed by atoms with Crippen molar-refractivity contribution in [1.29, 1.82) is 0 Å². The quantitative estimate of drug-likeness (QED) is 0.150. The summed E-state index contributed by atoms with van der Waals surface area (Å²) >= 11 is 7.00. The standard InChI is InChI=1S/C30H21Br2N3O2/c31-23-13-10-20(11-14-23)19-37-29-15-12-21(16-26(29)32)18-33-35-30(36)25-17-28(22-6-2-1-3-7-22)34-27-9-5-4-8-24(25)27/h1-18H,19H2,(H,35,36)/b33-18+. The maximum absolute atomic E-state index is 13.1. The Morgan fingerprint density at radius 1 is 0.892 bits per heavy atom. The van der Waals surface area contributed by atoms with Gasteiger partial charge in [0.05, 0.1) is 27.5 Å². The number of pyridine rings is 1. The Bertz CT molecular complexity index is 1590. The minimum absolute atomic E-state index is 0.305. The fourth-order valence-electron chi connectivity index (χ4n) is 3.80. The average molecular weight is 615 g/mol. The van der Waals surface area contributed by atoms with E-state index in [0.29, 0.717) is 12.2 Å². The van der Waals surface area contributed by atoms with Gasteiger partial charge in [-0.2, -0.15) is 5.10 Å². The van der Waals surface area contributed by atoms with Gasteiger partial charge in [0.2, 0.25) is 0 Å². The number of hydrazone groups is 1. The Labute approximate surface area is 231 Å². The van der Waals surface area contributed by atoms with Crippen LogP contribution in [0.5, 0.6) is 5.75 Å². The molecule has 182 valence electrons. The van der Waals surface area contributed by atoms with E-state index in [0.717, 1.165) is 48.0 Å². The highest BCUT2D eigenvalue weighted by Crippen LogP contribution is 2.27. The molecule has 0 saturated carbocycles. The minimum atomic E-state index is -0.305. The van der Waals surface area contributed by atoms with Crippen LogP contribution in [-0.2, 0) is 6.61 Å². The van der Waals surface area contributed by atoms with Crippen LogP contribution in [0.25, 0.3) is 22.2 Å². The monoisotopic (exact) mass is 613 g/mol. The summed E-state index contributed by atoms with van der Waals surface area (Å²) in [6, 6.07) is 32.8. The van der Waals surface area contributed by atoms with Gasteiger partial charge in [-0.1, -0.05) is 76.6 Å². The molecule has 37 heavy (non-hydrogen) atoms. The number of hydrogen-bond acceptors (Lipinski definition) is 4. The molecule has 4 aromatic carbocycles. The zero-order valence-corrected chi connectivity index (χ0v) is 22.7. The van der Waals surface area contributed by atoms with E-state index in [-0.39, 0.29) is 5.91 Å². The molecule has 0 spiro atoms. The molecule has 0 aliphatic rings. The first kappa shape index (κ1) is 24.9. The van der Waals surface area contributed by atoms with Gasteiger partial charge in [0.15, 0.2) is 0 Å². The predicted octanol–water partition coefficient (Wildman–Crippen LogP) is 7.77. The molecule has 0 atom stereocenters. The molecule has 5 nitrogen and oxygen atoms in total. The molecule has 0 fully saturated rings. The van der Waals surface area contributed by atoms with Crippen LogP contribution in [-0.4, -0.2) is 17.1 Å². The Morgan fingerprint density at radius 2 is 1.65 bits per heavy atom. The summed E-state index contributed by atoms with van der Waals surface area (Å²) < 4.78 is 7.75. The van der Waals surface area contributed by atoms with Crippen LogP contribution in [0, 0.1) is 0 Å². The van der Waals surface area contributed by atoms with Gasteiger partial charge in [0, 0.05) is 15.4 Å². The van der Waals surface area contributed by atoms with Crippen molar-refractivity contribution in [3.8, 4) is 17.0 Å². The van der Waals surface area contributed by atoms with E-state index in [1.807, 2.05) is 97.1 Å². The number of ether oxygens (including phenoxy) is 1. The lowest BCUT2D eigenvalue weighted by Gasteiger charge is -2.09. The second-order valence-corrected chi connectivity index (χ2v) is 10.0. The largest absolute Gasteiger partial charge is 0.488 e. The van der Waals surface area contributed by atoms with Crippen LogP contribution in [0.2, 0.25) is 0 Å².